The van der Waals surface area contributed by atoms with Gasteiger partial charge in [0.15, 0.2) is 11.3 Å². The fourth-order valence-corrected chi connectivity index (χ4v) is 3.27. The highest BCUT2D eigenvalue weighted by molar-refractivity contribution is 8.13. The predicted molar refractivity (Wildman–Crippen MR) is 95.8 cm³/mol. The van der Waals surface area contributed by atoms with Gasteiger partial charge in [0.25, 0.3) is 9.05 Å². The van der Waals surface area contributed by atoms with Gasteiger partial charge in [-0.05, 0) is 30.7 Å². The third kappa shape index (κ3) is 3.25. The van der Waals surface area contributed by atoms with Crippen molar-refractivity contribution < 1.29 is 27.5 Å². The third-order valence-corrected chi connectivity index (χ3v) is 5.03. The molecule has 1 aromatic heterocycles. The highest BCUT2D eigenvalue weighted by Crippen LogP contribution is 2.32. The van der Waals surface area contributed by atoms with Gasteiger partial charge in [-0.15, -0.1) is 0 Å². The molecule has 0 aliphatic carbocycles. The number of carbonyl (C=O) groups is 1. The fraction of sp³-hybridized carbons (Fsp3) is 0.176. The van der Waals surface area contributed by atoms with Crippen LogP contribution in [0.5, 0.6) is 5.75 Å². The molecule has 7 nitrogen and oxygen atoms in total. The van der Waals surface area contributed by atoms with E-state index >= 15 is 0 Å². The van der Waals surface area contributed by atoms with Crippen LogP contribution in [0.1, 0.15) is 23.7 Å². The van der Waals surface area contributed by atoms with Gasteiger partial charge in [0.1, 0.15) is 5.58 Å². The fourth-order valence-electron chi connectivity index (χ4n) is 2.50. The van der Waals surface area contributed by atoms with E-state index in [0.717, 1.165) is 6.07 Å². The molecule has 0 unspecified atom stereocenters. The van der Waals surface area contributed by atoms with Crippen molar-refractivity contribution in [3.05, 3.63) is 46.1 Å². The van der Waals surface area contributed by atoms with Crippen molar-refractivity contribution in [3.63, 3.8) is 0 Å². The second-order valence-electron chi connectivity index (χ2n) is 5.53. The van der Waals surface area contributed by atoms with Crippen LogP contribution in [0.4, 0.5) is 0 Å². The number of rotatable bonds is 5. The Morgan fingerprint density at radius 2 is 1.96 bits per heavy atom. The molecule has 0 aliphatic heterocycles. The van der Waals surface area contributed by atoms with Crippen molar-refractivity contribution >= 4 is 47.6 Å². The van der Waals surface area contributed by atoms with Crippen molar-refractivity contribution in [1.29, 1.82) is 0 Å². The van der Waals surface area contributed by atoms with Crippen LogP contribution in [0, 0.1) is 0 Å². The van der Waals surface area contributed by atoms with Crippen molar-refractivity contribution in [1.82, 2.24) is 0 Å². The smallest absolute Gasteiger partial charge is 0.335 e. The van der Waals surface area contributed by atoms with Gasteiger partial charge in [-0.25, -0.2) is 13.2 Å². The number of carboxylic acids is 1. The predicted octanol–water partition coefficient (Wildman–Crippen LogP) is 3.36. The Labute approximate surface area is 152 Å². The molecule has 1 N–H and O–H groups in total. The highest BCUT2D eigenvalue weighted by Gasteiger charge is 2.20. The lowest BCUT2D eigenvalue weighted by atomic mass is 10.1. The molecule has 0 radical (unpaired) electrons. The van der Waals surface area contributed by atoms with Crippen LogP contribution in [0.3, 0.4) is 0 Å². The number of benzene rings is 2. The molecule has 0 amide bonds. The third-order valence-electron chi connectivity index (χ3n) is 3.70. The van der Waals surface area contributed by atoms with E-state index in [4.69, 9.17) is 24.9 Å². The van der Waals surface area contributed by atoms with Crippen LogP contribution in [0.15, 0.2) is 44.4 Å². The van der Waals surface area contributed by atoms with Crippen molar-refractivity contribution in [2.45, 2.75) is 18.2 Å². The number of fused-ring (bicyclic) bond motifs is 2. The summed E-state index contributed by atoms with van der Waals surface area (Å²) in [7, 11) is 1.29. The van der Waals surface area contributed by atoms with E-state index in [0.29, 0.717) is 6.42 Å². The van der Waals surface area contributed by atoms with Gasteiger partial charge >= 0.3 is 5.97 Å². The summed E-state index contributed by atoms with van der Waals surface area (Å²) in [5, 5.41) is 9.05. The first-order valence-electron chi connectivity index (χ1n) is 7.57. The molecule has 0 saturated heterocycles. The number of aromatic carboxylic acids is 1. The van der Waals surface area contributed by atoms with E-state index in [9.17, 15) is 18.0 Å². The molecule has 0 atom stereocenters. The summed E-state index contributed by atoms with van der Waals surface area (Å²) in [6, 6.07) is 6.15. The summed E-state index contributed by atoms with van der Waals surface area (Å²) in [4.78, 5) is 23.6. The van der Waals surface area contributed by atoms with Crippen molar-refractivity contribution in [2.24, 2.45) is 0 Å². The molecule has 0 spiro atoms. The second kappa shape index (κ2) is 6.62. The highest BCUT2D eigenvalue weighted by atomic mass is 35.7. The molecule has 0 saturated carbocycles. The van der Waals surface area contributed by atoms with E-state index in [1.165, 1.54) is 24.3 Å². The summed E-state index contributed by atoms with van der Waals surface area (Å²) in [6.45, 7) is 2.14. The van der Waals surface area contributed by atoms with Crippen LogP contribution in [-0.2, 0) is 9.05 Å². The summed E-state index contributed by atoms with van der Waals surface area (Å²) in [5.41, 5.74) is -0.431. The van der Waals surface area contributed by atoms with Gasteiger partial charge in [0.2, 0.25) is 5.43 Å². The van der Waals surface area contributed by atoms with Gasteiger partial charge in [-0.1, -0.05) is 6.92 Å². The van der Waals surface area contributed by atoms with E-state index < -0.39 is 20.4 Å². The zero-order valence-corrected chi connectivity index (χ0v) is 15.1. The largest absolute Gasteiger partial charge is 0.490 e. The monoisotopic (exact) mass is 396 g/mol. The Balaban J connectivity index is 2.43. The Morgan fingerprint density at radius 1 is 1.23 bits per heavy atom. The van der Waals surface area contributed by atoms with Gasteiger partial charge in [0.05, 0.1) is 27.8 Å². The Kier molecular flexibility index (Phi) is 4.64. The molecule has 136 valence electrons. The first kappa shape index (κ1) is 18.2. The zero-order chi connectivity index (χ0) is 19.1. The molecule has 26 heavy (non-hydrogen) atoms. The minimum absolute atomic E-state index is 0.0166. The molecule has 0 fully saturated rings. The van der Waals surface area contributed by atoms with Crippen LogP contribution in [-0.4, -0.2) is 26.1 Å². The lowest BCUT2D eigenvalue weighted by Crippen LogP contribution is -2.07. The number of hydrogen-bond donors (Lipinski definition) is 1. The standard InChI is InChI=1S/C17H13ClO7S/c1-2-5-24-14-8-10(26(18,22)23)7-12-15(19)11-6-9(17(20)21)3-4-13(11)25-16(12)14/h3-4,6-8H,2,5H2,1H3,(H,20,21). The van der Waals surface area contributed by atoms with Crippen LogP contribution < -0.4 is 10.2 Å². The molecular formula is C17H13ClO7S. The molecular weight excluding hydrogens is 384 g/mol. The Morgan fingerprint density at radius 3 is 2.58 bits per heavy atom. The molecule has 2 aromatic carbocycles. The first-order chi connectivity index (χ1) is 12.2. The summed E-state index contributed by atoms with van der Waals surface area (Å²) in [6.07, 6.45) is 0.652. The summed E-state index contributed by atoms with van der Waals surface area (Å²) >= 11 is 0. The maximum Gasteiger partial charge on any atom is 0.335 e. The van der Waals surface area contributed by atoms with Crippen LogP contribution in [0.2, 0.25) is 0 Å². The molecule has 0 bridgehead atoms. The zero-order valence-electron chi connectivity index (χ0n) is 13.5. The SMILES string of the molecule is CCCOc1cc(S(=O)(=O)Cl)cc2c(=O)c3cc(C(=O)O)ccc3oc12. The second-order valence-corrected chi connectivity index (χ2v) is 8.10. The quantitative estimate of drug-likeness (QED) is 0.519. The van der Waals surface area contributed by atoms with E-state index in [1.54, 1.807) is 0 Å². The van der Waals surface area contributed by atoms with Gasteiger partial charge in [-0.2, -0.15) is 0 Å². The molecule has 3 rings (SSSR count). The topological polar surface area (TPSA) is 111 Å². The van der Waals surface area contributed by atoms with Crippen LogP contribution >= 0.6 is 10.7 Å². The molecule has 0 aliphatic rings. The number of halogens is 1. The van der Waals surface area contributed by atoms with E-state index in [2.05, 4.69) is 0 Å². The molecule has 9 heteroatoms. The maximum atomic E-state index is 12.8. The first-order valence-corrected chi connectivity index (χ1v) is 9.88. The van der Waals surface area contributed by atoms with E-state index in [1.807, 2.05) is 6.92 Å². The number of ether oxygens (including phenoxy) is 1. The minimum atomic E-state index is -4.12. The lowest BCUT2D eigenvalue weighted by Gasteiger charge is -2.10. The van der Waals surface area contributed by atoms with Crippen molar-refractivity contribution in [3.8, 4) is 5.75 Å². The normalized spacial score (nSPS) is 11.8. The average molecular weight is 397 g/mol. The van der Waals surface area contributed by atoms with E-state index in [-0.39, 0.29) is 44.8 Å². The average Bonchev–Trinajstić information content (AvgIpc) is 2.58. The minimum Gasteiger partial charge on any atom is -0.490 e. The molecule has 1 heterocycles. The number of hydrogen-bond acceptors (Lipinski definition) is 6. The number of carboxylic acid groups (broad SMARTS) is 1. The maximum absolute atomic E-state index is 12.8. The van der Waals surface area contributed by atoms with Gasteiger partial charge < -0.3 is 14.3 Å². The van der Waals surface area contributed by atoms with Crippen molar-refractivity contribution in [2.75, 3.05) is 6.61 Å². The lowest BCUT2D eigenvalue weighted by molar-refractivity contribution is 0.0697. The van der Waals surface area contributed by atoms with Crippen LogP contribution in [0.25, 0.3) is 21.9 Å². The summed E-state index contributed by atoms with van der Waals surface area (Å²) < 4.78 is 34.7. The Hall–Kier alpha value is -2.58. The molecule has 3 aromatic rings. The Bertz CT molecular complexity index is 1200. The summed E-state index contributed by atoms with van der Waals surface area (Å²) in [5.74, 6) is -1.12. The van der Waals surface area contributed by atoms with Gasteiger partial charge in [0, 0.05) is 16.7 Å². The van der Waals surface area contributed by atoms with Gasteiger partial charge in [-0.3, -0.25) is 4.79 Å².